The monoisotopic (exact) mass is 279 g/mol. The minimum atomic E-state index is -0.227. The zero-order valence-corrected chi connectivity index (χ0v) is 11.7. The summed E-state index contributed by atoms with van der Waals surface area (Å²) in [5, 5.41) is 5.20. The average molecular weight is 279 g/mol. The molecule has 4 saturated carbocycles. The van der Waals surface area contributed by atoms with Crippen LogP contribution in [0.15, 0.2) is 17.5 Å². The van der Waals surface area contributed by atoms with Crippen LogP contribution in [0.3, 0.4) is 0 Å². The van der Waals surface area contributed by atoms with Gasteiger partial charge >= 0.3 is 6.09 Å². The molecule has 0 aromatic carbocycles. The quantitative estimate of drug-likeness (QED) is 0.914. The number of hydrogen-bond donors (Lipinski definition) is 1. The summed E-state index contributed by atoms with van der Waals surface area (Å²) in [6.07, 6.45) is 6.12. The van der Waals surface area contributed by atoms with Gasteiger partial charge in [-0.1, -0.05) is 6.07 Å². The maximum atomic E-state index is 12.0. The molecule has 0 spiro atoms. The number of rotatable bonds is 3. The van der Waals surface area contributed by atoms with E-state index >= 15 is 0 Å². The summed E-state index contributed by atoms with van der Waals surface area (Å²) in [5.74, 6) is 2.60. The van der Waals surface area contributed by atoms with E-state index in [9.17, 15) is 4.79 Å². The minimum absolute atomic E-state index is 0. The number of alkyl carbamates (subject to hydrolysis) is 1. The number of hydrogen-bond acceptors (Lipinski definition) is 3. The van der Waals surface area contributed by atoms with E-state index < -0.39 is 0 Å². The molecule has 19 heavy (non-hydrogen) atoms. The molecule has 5 rings (SSSR count). The SMILES string of the molecule is O=C(NC12CC3CC(C1)C(C3)C2)OCc1cccs1.[HH]. The molecule has 1 aromatic heterocycles. The number of amides is 1. The molecule has 4 aliphatic rings. The van der Waals surface area contributed by atoms with Crippen molar-refractivity contribution in [3.05, 3.63) is 22.4 Å². The first-order valence-corrected chi connectivity index (χ1v) is 8.08. The van der Waals surface area contributed by atoms with E-state index in [2.05, 4.69) is 5.32 Å². The smallest absolute Gasteiger partial charge is 0.407 e. The molecular weight excluding hydrogens is 258 g/mol. The summed E-state index contributed by atoms with van der Waals surface area (Å²) < 4.78 is 5.34. The molecular formula is C15H21NO2S. The highest BCUT2D eigenvalue weighted by atomic mass is 32.1. The van der Waals surface area contributed by atoms with Gasteiger partial charge in [0.15, 0.2) is 0 Å². The van der Waals surface area contributed by atoms with Crippen LogP contribution < -0.4 is 5.32 Å². The standard InChI is InChI=1S/C15H19NO2S.H2/c17-14(18-9-13-2-1-3-19-13)16-15-6-10-4-11(7-15)12(5-10)8-15;/h1-3,10-12H,4-9H2,(H,16,17);1H. The van der Waals surface area contributed by atoms with E-state index in [0.29, 0.717) is 6.61 Å². The number of carbonyl (C=O) groups is 1. The van der Waals surface area contributed by atoms with Crippen LogP contribution in [0.2, 0.25) is 0 Å². The van der Waals surface area contributed by atoms with Gasteiger partial charge < -0.3 is 10.1 Å². The number of nitrogens with one attached hydrogen (secondary N) is 1. The first kappa shape index (κ1) is 11.8. The zero-order valence-electron chi connectivity index (χ0n) is 10.9. The number of ether oxygens (including phenoxy) is 1. The van der Waals surface area contributed by atoms with Gasteiger partial charge in [0.05, 0.1) is 0 Å². The molecule has 4 bridgehead atoms. The Hall–Kier alpha value is -1.03. The normalized spacial score (nSPS) is 38.6. The van der Waals surface area contributed by atoms with E-state index in [4.69, 9.17) is 4.74 Å². The summed E-state index contributed by atoms with van der Waals surface area (Å²) in [5.41, 5.74) is 0.0725. The van der Waals surface area contributed by atoms with Crippen molar-refractivity contribution in [2.24, 2.45) is 17.8 Å². The first-order valence-electron chi connectivity index (χ1n) is 7.20. The van der Waals surface area contributed by atoms with E-state index in [1.165, 1.54) is 32.1 Å². The van der Waals surface area contributed by atoms with Gasteiger partial charge in [-0.25, -0.2) is 4.79 Å². The fourth-order valence-corrected chi connectivity index (χ4v) is 5.36. The van der Waals surface area contributed by atoms with Gasteiger partial charge in [-0.05, 0) is 61.3 Å². The van der Waals surface area contributed by atoms with Crippen molar-refractivity contribution < 1.29 is 11.0 Å². The van der Waals surface area contributed by atoms with Crippen molar-refractivity contribution in [2.45, 2.75) is 44.2 Å². The molecule has 1 amide bonds. The highest BCUT2D eigenvalue weighted by Crippen LogP contribution is 2.59. The molecule has 4 fully saturated rings. The Morgan fingerprint density at radius 3 is 2.84 bits per heavy atom. The third-order valence-corrected chi connectivity index (χ3v) is 6.07. The Bertz CT molecular complexity index is 471. The van der Waals surface area contributed by atoms with Gasteiger partial charge in [0, 0.05) is 11.8 Å². The van der Waals surface area contributed by atoms with E-state index in [-0.39, 0.29) is 13.1 Å². The largest absolute Gasteiger partial charge is 0.444 e. The lowest BCUT2D eigenvalue weighted by atomic mass is 9.76. The molecule has 0 aliphatic heterocycles. The summed E-state index contributed by atoms with van der Waals surface area (Å²) in [6.45, 7) is 0.399. The molecule has 4 heteroatoms. The van der Waals surface area contributed by atoms with Crippen LogP contribution in [0.5, 0.6) is 0 Å². The Labute approximate surface area is 118 Å². The molecule has 104 valence electrons. The third kappa shape index (κ3) is 2.06. The fraction of sp³-hybridized carbons (Fsp3) is 0.667. The van der Waals surface area contributed by atoms with E-state index in [0.717, 1.165) is 22.6 Å². The van der Waals surface area contributed by atoms with Gasteiger partial charge in [0.2, 0.25) is 0 Å². The highest BCUT2D eigenvalue weighted by Gasteiger charge is 2.56. The summed E-state index contributed by atoms with van der Waals surface area (Å²) in [4.78, 5) is 13.1. The van der Waals surface area contributed by atoms with Crippen LogP contribution in [-0.4, -0.2) is 11.6 Å². The van der Waals surface area contributed by atoms with Gasteiger partial charge in [-0.15, -0.1) is 11.3 Å². The lowest BCUT2D eigenvalue weighted by molar-refractivity contribution is 0.111. The molecule has 2 atom stereocenters. The van der Waals surface area contributed by atoms with Gasteiger partial charge in [0.25, 0.3) is 0 Å². The van der Waals surface area contributed by atoms with E-state index in [1.54, 1.807) is 11.3 Å². The molecule has 2 unspecified atom stereocenters. The van der Waals surface area contributed by atoms with Crippen LogP contribution in [-0.2, 0) is 11.3 Å². The topological polar surface area (TPSA) is 38.3 Å². The number of carbonyl (C=O) groups excluding carboxylic acids is 1. The molecule has 1 heterocycles. The van der Waals surface area contributed by atoms with E-state index in [1.807, 2.05) is 17.5 Å². The second kappa shape index (κ2) is 4.23. The molecule has 1 N–H and O–H groups in total. The van der Waals surface area contributed by atoms with Gasteiger partial charge in [-0.2, -0.15) is 0 Å². The predicted octanol–water partition coefficient (Wildman–Crippen LogP) is 3.80. The maximum absolute atomic E-state index is 12.0. The van der Waals surface area contributed by atoms with Crippen molar-refractivity contribution in [1.82, 2.24) is 5.32 Å². The third-order valence-electron chi connectivity index (χ3n) is 5.22. The Morgan fingerprint density at radius 1 is 1.42 bits per heavy atom. The van der Waals surface area contributed by atoms with Crippen molar-refractivity contribution >= 4 is 17.4 Å². The van der Waals surface area contributed by atoms with Crippen molar-refractivity contribution in [2.75, 3.05) is 0 Å². The van der Waals surface area contributed by atoms with Crippen LogP contribution in [0.1, 0.15) is 38.4 Å². The first-order chi connectivity index (χ1) is 9.22. The molecule has 4 aliphatic carbocycles. The van der Waals surface area contributed by atoms with Crippen LogP contribution in [0.4, 0.5) is 4.79 Å². The molecule has 0 saturated heterocycles. The second-order valence-corrected chi connectivity index (χ2v) is 7.56. The molecule has 0 radical (unpaired) electrons. The second-order valence-electron chi connectivity index (χ2n) is 6.53. The zero-order chi connectivity index (χ0) is 12.9. The van der Waals surface area contributed by atoms with Crippen LogP contribution >= 0.6 is 11.3 Å². The lowest BCUT2D eigenvalue weighted by Gasteiger charge is -2.38. The van der Waals surface area contributed by atoms with Crippen molar-refractivity contribution in [3.63, 3.8) is 0 Å². The molecule has 3 nitrogen and oxygen atoms in total. The summed E-state index contributed by atoms with van der Waals surface area (Å²) in [6, 6.07) is 3.98. The number of thiophene rings is 1. The highest BCUT2D eigenvalue weighted by molar-refractivity contribution is 7.09. The maximum Gasteiger partial charge on any atom is 0.407 e. The Morgan fingerprint density at radius 2 is 2.21 bits per heavy atom. The summed E-state index contributed by atoms with van der Waals surface area (Å²) in [7, 11) is 0. The minimum Gasteiger partial charge on any atom is -0.444 e. The van der Waals surface area contributed by atoms with Gasteiger partial charge in [0.1, 0.15) is 6.61 Å². The van der Waals surface area contributed by atoms with Crippen molar-refractivity contribution in [1.29, 1.82) is 0 Å². The van der Waals surface area contributed by atoms with Crippen molar-refractivity contribution in [3.8, 4) is 0 Å². The fourth-order valence-electron chi connectivity index (χ4n) is 4.75. The predicted molar refractivity (Wildman–Crippen MR) is 76.0 cm³/mol. The Balaban J connectivity index is 0.00000121. The Kier molecular flexibility index (Phi) is 2.62. The summed E-state index contributed by atoms with van der Waals surface area (Å²) >= 11 is 1.63. The van der Waals surface area contributed by atoms with Crippen LogP contribution in [0, 0.1) is 17.8 Å². The van der Waals surface area contributed by atoms with Crippen LogP contribution in [0.25, 0.3) is 0 Å². The molecule has 1 aromatic rings. The lowest BCUT2D eigenvalue weighted by Crippen LogP contribution is -2.50. The van der Waals surface area contributed by atoms with Gasteiger partial charge in [-0.3, -0.25) is 0 Å². The average Bonchev–Trinajstić information content (AvgIpc) is 3.01.